The Morgan fingerprint density at radius 3 is 2.67 bits per heavy atom. The predicted octanol–water partition coefficient (Wildman–Crippen LogP) is 1.93. The summed E-state index contributed by atoms with van der Waals surface area (Å²) in [7, 11) is 0. The molecule has 3 heteroatoms. The van der Waals surface area contributed by atoms with Crippen molar-refractivity contribution in [3.05, 3.63) is 18.5 Å². The number of hydrogen-bond donors (Lipinski definition) is 0. The van der Waals surface area contributed by atoms with Crippen LogP contribution in [-0.2, 0) is 0 Å². The Balaban J connectivity index is 1.45. The standard InChI is InChI=1S/C12H19N3/c1-2-5-11(4-1)8-14-9-12(10-14)15-7-3-6-13-15/h3,6-7,11-12H,1-2,4-5,8-10H2. The van der Waals surface area contributed by atoms with Gasteiger partial charge < -0.3 is 0 Å². The topological polar surface area (TPSA) is 21.1 Å². The first kappa shape index (κ1) is 9.40. The third-order valence-electron chi connectivity index (χ3n) is 3.83. The van der Waals surface area contributed by atoms with E-state index in [2.05, 4.69) is 20.9 Å². The quantitative estimate of drug-likeness (QED) is 0.752. The monoisotopic (exact) mass is 205 g/mol. The molecule has 2 heterocycles. The summed E-state index contributed by atoms with van der Waals surface area (Å²) in [4.78, 5) is 2.59. The van der Waals surface area contributed by atoms with E-state index in [1.54, 1.807) is 0 Å². The van der Waals surface area contributed by atoms with Gasteiger partial charge in [0.05, 0.1) is 6.04 Å². The molecule has 2 aliphatic rings. The molecular weight excluding hydrogens is 186 g/mol. The van der Waals surface area contributed by atoms with Crippen molar-refractivity contribution in [3.63, 3.8) is 0 Å². The average Bonchev–Trinajstić information content (AvgIpc) is 2.83. The molecule has 0 spiro atoms. The van der Waals surface area contributed by atoms with E-state index in [4.69, 9.17) is 0 Å². The lowest BCUT2D eigenvalue weighted by molar-refractivity contribution is 0.0813. The van der Waals surface area contributed by atoms with E-state index >= 15 is 0 Å². The fourth-order valence-electron chi connectivity index (χ4n) is 2.91. The van der Waals surface area contributed by atoms with Crippen molar-refractivity contribution in [2.24, 2.45) is 5.92 Å². The Kier molecular flexibility index (Phi) is 2.49. The normalized spacial score (nSPS) is 24.5. The van der Waals surface area contributed by atoms with Crippen LogP contribution in [0.2, 0.25) is 0 Å². The number of aromatic nitrogens is 2. The average molecular weight is 205 g/mol. The van der Waals surface area contributed by atoms with Crippen LogP contribution in [0.3, 0.4) is 0 Å². The number of nitrogens with zero attached hydrogens (tertiary/aromatic N) is 3. The Morgan fingerprint density at radius 2 is 2.00 bits per heavy atom. The van der Waals surface area contributed by atoms with Crippen molar-refractivity contribution in [3.8, 4) is 0 Å². The fourth-order valence-corrected chi connectivity index (χ4v) is 2.91. The molecule has 0 unspecified atom stereocenters. The molecule has 1 aliphatic carbocycles. The Hall–Kier alpha value is -0.830. The van der Waals surface area contributed by atoms with E-state index < -0.39 is 0 Å². The van der Waals surface area contributed by atoms with Crippen LogP contribution in [0, 0.1) is 5.92 Å². The van der Waals surface area contributed by atoms with Crippen LogP contribution >= 0.6 is 0 Å². The summed E-state index contributed by atoms with van der Waals surface area (Å²) in [5.41, 5.74) is 0. The predicted molar refractivity (Wildman–Crippen MR) is 59.7 cm³/mol. The van der Waals surface area contributed by atoms with E-state index in [9.17, 15) is 0 Å². The third kappa shape index (κ3) is 1.93. The van der Waals surface area contributed by atoms with E-state index in [0.29, 0.717) is 6.04 Å². The molecule has 82 valence electrons. The summed E-state index contributed by atoms with van der Waals surface area (Å²) < 4.78 is 2.10. The van der Waals surface area contributed by atoms with Crippen LogP contribution in [-0.4, -0.2) is 34.3 Å². The second-order valence-electron chi connectivity index (χ2n) is 5.01. The maximum Gasteiger partial charge on any atom is 0.0772 e. The zero-order valence-corrected chi connectivity index (χ0v) is 9.18. The lowest BCUT2D eigenvalue weighted by Gasteiger charge is -2.40. The van der Waals surface area contributed by atoms with Crippen LogP contribution in [0.5, 0.6) is 0 Å². The summed E-state index contributed by atoms with van der Waals surface area (Å²) in [5, 5.41) is 4.29. The highest BCUT2D eigenvalue weighted by molar-refractivity contribution is 4.90. The van der Waals surface area contributed by atoms with Crippen molar-refractivity contribution in [2.75, 3.05) is 19.6 Å². The van der Waals surface area contributed by atoms with Crippen molar-refractivity contribution >= 4 is 0 Å². The van der Waals surface area contributed by atoms with Crippen LogP contribution in [0.4, 0.5) is 0 Å². The summed E-state index contributed by atoms with van der Waals surface area (Å²) >= 11 is 0. The Bertz CT molecular complexity index is 295. The maximum absolute atomic E-state index is 4.29. The third-order valence-corrected chi connectivity index (χ3v) is 3.83. The first-order valence-electron chi connectivity index (χ1n) is 6.13. The number of likely N-dealkylation sites (tertiary alicyclic amines) is 1. The van der Waals surface area contributed by atoms with E-state index in [0.717, 1.165) is 5.92 Å². The van der Waals surface area contributed by atoms with Crippen LogP contribution in [0.25, 0.3) is 0 Å². The highest BCUT2D eigenvalue weighted by atomic mass is 15.4. The van der Waals surface area contributed by atoms with Gasteiger partial charge in [-0.25, -0.2) is 0 Å². The van der Waals surface area contributed by atoms with Gasteiger partial charge in [0, 0.05) is 32.0 Å². The van der Waals surface area contributed by atoms with Gasteiger partial charge in [0.15, 0.2) is 0 Å². The number of rotatable bonds is 3. The molecule has 1 saturated heterocycles. The zero-order valence-electron chi connectivity index (χ0n) is 9.18. The molecule has 1 aliphatic heterocycles. The maximum atomic E-state index is 4.29. The minimum Gasteiger partial charge on any atom is -0.299 e. The van der Waals surface area contributed by atoms with Gasteiger partial charge in [-0.3, -0.25) is 9.58 Å². The minimum atomic E-state index is 0.640. The van der Waals surface area contributed by atoms with Gasteiger partial charge in [-0.15, -0.1) is 0 Å². The van der Waals surface area contributed by atoms with Crippen molar-refractivity contribution < 1.29 is 0 Å². The molecule has 0 aromatic carbocycles. The largest absolute Gasteiger partial charge is 0.299 e. The molecule has 0 amide bonds. The Labute approximate surface area is 91.1 Å². The first-order valence-corrected chi connectivity index (χ1v) is 6.13. The summed E-state index contributed by atoms with van der Waals surface area (Å²) in [5.74, 6) is 0.989. The zero-order chi connectivity index (χ0) is 10.1. The lowest BCUT2D eigenvalue weighted by Crippen LogP contribution is -2.49. The first-order chi connectivity index (χ1) is 7.42. The molecule has 3 nitrogen and oxygen atoms in total. The molecule has 0 atom stereocenters. The van der Waals surface area contributed by atoms with Gasteiger partial charge in [0.1, 0.15) is 0 Å². The van der Waals surface area contributed by atoms with Gasteiger partial charge in [-0.2, -0.15) is 5.10 Å². The second-order valence-corrected chi connectivity index (χ2v) is 5.01. The van der Waals surface area contributed by atoms with E-state index in [-0.39, 0.29) is 0 Å². The van der Waals surface area contributed by atoms with Crippen molar-refractivity contribution in [1.82, 2.24) is 14.7 Å². The van der Waals surface area contributed by atoms with Gasteiger partial charge in [-0.05, 0) is 24.8 Å². The van der Waals surface area contributed by atoms with Gasteiger partial charge >= 0.3 is 0 Å². The second kappa shape index (κ2) is 3.97. The van der Waals surface area contributed by atoms with Gasteiger partial charge in [0.2, 0.25) is 0 Å². The van der Waals surface area contributed by atoms with Crippen molar-refractivity contribution in [1.29, 1.82) is 0 Å². The molecule has 1 aromatic rings. The molecule has 1 saturated carbocycles. The van der Waals surface area contributed by atoms with Gasteiger partial charge in [-0.1, -0.05) is 12.8 Å². The molecule has 3 rings (SSSR count). The molecule has 0 bridgehead atoms. The SMILES string of the molecule is c1cnn(C2CN(CC3CCCC3)C2)c1. The van der Waals surface area contributed by atoms with E-state index in [1.807, 2.05) is 12.3 Å². The van der Waals surface area contributed by atoms with Gasteiger partial charge in [0.25, 0.3) is 0 Å². The molecular formula is C12H19N3. The van der Waals surface area contributed by atoms with Crippen LogP contribution in [0.15, 0.2) is 18.5 Å². The molecule has 2 fully saturated rings. The van der Waals surface area contributed by atoms with Crippen LogP contribution < -0.4 is 0 Å². The van der Waals surface area contributed by atoms with Crippen molar-refractivity contribution in [2.45, 2.75) is 31.7 Å². The summed E-state index contributed by atoms with van der Waals surface area (Å²) in [6, 6.07) is 2.65. The molecule has 0 N–H and O–H groups in total. The summed E-state index contributed by atoms with van der Waals surface area (Å²) in [6.07, 6.45) is 9.80. The minimum absolute atomic E-state index is 0.640. The van der Waals surface area contributed by atoms with Crippen LogP contribution in [0.1, 0.15) is 31.7 Å². The highest BCUT2D eigenvalue weighted by Crippen LogP contribution is 2.29. The smallest absolute Gasteiger partial charge is 0.0772 e. The van der Waals surface area contributed by atoms with E-state index in [1.165, 1.54) is 45.3 Å². The molecule has 1 aromatic heterocycles. The summed E-state index contributed by atoms with van der Waals surface area (Å²) in [6.45, 7) is 3.74. The lowest BCUT2D eigenvalue weighted by atomic mass is 10.0. The molecule has 0 radical (unpaired) electrons. The number of hydrogen-bond acceptors (Lipinski definition) is 2. The fraction of sp³-hybridized carbons (Fsp3) is 0.750. The Morgan fingerprint density at radius 1 is 1.20 bits per heavy atom. The molecule has 15 heavy (non-hydrogen) atoms. The highest BCUT2D eigenvalue weighted by Gasteiger charge is 2.30.